The molecule has 0 saturated carbocycles. The van der Waals surface area contributed by atoms with E-state index in [4.69, 9.17) is 23.2 Å². The summed E-state index contributed by atoms with van der Waals surface area (Å²) in [6, 6.07) is 6.46. The number of hydrogen-bond donors (Lipinski definition) is 1. The molecule has 0 spiro atoms. The number of amides is 2. The van der Waals surface area contributed by atoms with Crippen LogP contribution < -0.4 is 5.32 Å². The molecule has 1 aromatic heterocycles. The summed E-state index contributed by atoms with van der Waals surface area (Å²) in [5.74, 6) is -0.595. The van der Waals surface area contributed by atoms with Crippen LogP contribution in [-0.4, -0.2) is 34.8 Å². The number of carbonyl (C=O) groups is 2. The van der Waals surface area contributed by atoms with Crippen LogP contribution in [0.3, 0.4) is 0 Å². The van der Waals surface area contributed by atoms with Gasteiger partial charge in [-0.25, -0.2) is 0 Å². The van der Waals surface area contributed by atoms with Crippen LogP contribution in [0.2, 0.25) is 10.0 Å². The predicted octanol–water partition coefficient (Wildman–Crippen LogP) is 4.64. The highest BCUT2D eigenvalue weighted by atomic mass is 79.9. The van der Waals surface area contributed by atoms with E-state index in [-0.39, 0.29) is 18.4 Å². The third-order valence-corrected chi connectivity index (χ3v) is 4.25. The fourth-order valence-corrected chi connectivity index (χ4v) is 3.01. The zero-order chi connectivity index (χ0) is 18.4. The summed E-state index contributed by atoms with van der Waals surface area (Å²) in [6.07, 6.45) is 3.79. The van der Waals surface area contributed by atoms with Gasteiger partial charge in [-0.2, -0.15) is 0 Å². The van der Waals surface area contributed by atoms with Gasteiger partial charge in [0.2, 0.25) is 5.91 Å². The van der Waals surface area contributed by atoms with Gasteiger partial charge in [-0.05, 0) is 46.6 Å². The molecule has 1 N–H and O–H groups in total. The standard InChI is InChI=1S/C17H16BrCl2N3O2/c1-2-5-23(17(25)11-6-12(18)9-21-8-11)10-16(24)22-15-4-3-13(19)7-14(15)20/h3-4,6-9H,2,5,10H2,1H3,(H,22,24). The third-order valence-electron chi connectivity index (χ3n) is 3.27. The Morgan fingerprint density at radius 2 is 2.00 bits per heavy atom. The summed E-state index contributed by atoms with van der Waals surface area (Å²) in [6.45, 7) is 2.30. The highest BCUT2D eigenvalue weighted by Gasteiger charge is 2.19. The number of nitrogens with one attached hydrogen (secondary N) is 1. The molecule has 132 valence electrons. The first-order valence-corrected chi connectivity index (χ1v) is 9.10. The molecule has 0 aliphatic carbocycles. The van der Waals surface area contributed by atoms with Gasteiger partial charge < -0.3 is 10.2 Å². The summed E-state index contributed by atoms with van der Waals surface area (Å²) in [5, 5.41) is 3.51. The second-order valence-electron chi connectivity index (χ2n) is 5.29. The molecule has 0 radical (unpaired) electrons. The van der Waals surface area contributed by atoms with Crippen molar-refractivity contribution in [3.8, 4) is 0 Å². The van der Waals surface area contributed by atoms with Gasteiger partial charge in [0, 0.05) is 28.4 Å². The molecule has 0 unspecified atom stereocenters. The van der Waals surface area contributed by atoms with Gasteiger partial charge in [-0.3, -0.25) is 14.6 Å². The Kier molecular flexibility index (Phi) is 7.23. The first-order chi connectivity index (χ1) is 11.9. The quantitative estimate of drug-likeness (QED) is 0.705. The first kappa shape index (κ1) is 19.7. The molecule has 0 fully saturated rings. The third kappa shape index (κ3) is 5.70. The topological polar surface area (TPSA) is 62.3 Å². The summed E-state index contributed by atoms with van der Waals surface area (Å²) in [4.78, 5) is 30.4. The second-order valence-corrected chi connectivity index (χ2v) is 7.05. The number of aromatic nitrogens is 1. The summed E-state index contributed by atoms with van der Waals surface area (Å²) in [7, 11) is 0. The van der Waals surface area contributed by atoms with Crippen molar-refractivity contribution in [2.75, 3.05) is 18.4 Å². The van der Waals surface area contributed by atoms with Crippen molar-refractivity contribution in [3.05, 3.63) is 56.7 Å². The largest absolute Gasteiger partial charge is 0.329 e. The normalized spacial score (nSPS) is 10.4. The summed E-state index contributed by atoms with van der Waals surface area (Å²) in [5.41, 5.74) is 0.865. The minimum Gasteiger partial charge on any atom is -0.329 e. The lowest BCUT2D eigenvalue weighted by atomic mass is 10.2. The zero-order valence-corrected chi connectivity index (χ0v) is 16.5. The van der Waals surface area contributed by atoms with E-state index in [1.54, 1.807) is 30.5 Å². The molecule has 0 atom stereocenters. The molecule has 2 rings (SSSR count). The molecule has 0 saturated heterocycles. The van der Waals surface area contributed by atoms with Crippen molar-refractivity contribution in [2.45, 2.75) is 13.3 Å². The number of carbonyl (C=O) groups excluding carboxylic acids is 2. The minimum atomic E-state index is -0.339. The van der Waals surface area contributed by atoms with Crippen LogP contribution >= 0.6 is 39.1 Å². The van der Waals surface area contributed by atoms with Gasteiger partial charge in [0.05, 0.1) is 16.3 Å². The highest BCUT2D eigenvalue weighted by Crippen LogP contribution is 2.25. The van der Waals surface area contributed by atoms with Gasteiger partial charge in [0.25, 0.3) is 5.91 Å². The van der Waals surface area contributed by atoms with E-state index in [1.165, 1.54) is 11.1 Å². The Hall–Kier alpha value is -1.63. The molecule has 8 heteroatoms. The number of anilines is 1. The molecule has 1 heterocycles. The lowest BCUT2D eigenvalue weighted by molar-refractivity contribution is -0.116. The van der Waals surface area contributed by atoms with Crippen LogP contribution in [0.5, 0.6) is 0 Å². The fraction of sp³-hybridized carbons (Fsp3) is 0.235. The van der Waals surface area contributed by atoms with E-state index < -0.39 is 0 Å². The van der Waals surface area contributed by atoms with Crippen molar-refractivity contribution in [1.82, 2.24) is 9.88 Å². The molecule has 1 aromatic carbocycles. The van der Waals surface area contributed by atoms with Crippen LogP contribution in [0.4, 0.5) is 5.69 Å². The lowest BCUT2D eigenvalue weighted by Gasteiger charge is -2.21. The Morgan fingerprint density at radius 3 is 2.64 bits per heavy atom. The monoisotopic (exact) mass is 443 g/mol. The van der Waals surface area contributed by atoms with E-state index in [0.29, 0.717) is 32.3 Å². The maximum absolute atomic E-state index is 12.6. The Bertz CT molecular complexity index is 786. The average molecular weight is 445 g/mol. The molecule has 0 aliphatic rings. The van der Waals surface area contributed by atoms with E-state index in [9.17, 15) is 9.59 Å². The summed E-state index contributed by atoms with van der Waals surface area (Å²) < 4.78 is 0.701. The number of rotatable bonds is 6. The number of nitrogens with zero attached hydrogens (tertiary/aromatic N) is 2. The van der Waals surface area contributed by atoms with Gasteiger partial charge in [0.15, 0.2) is 0 Å². The summed E-state index contributed by atoms with van der Waals surface area (Å²) >= 11 is 15.2. The van der Waals surface area contributed by atoms with Crippen LogP contribution in [0.25, 0.3) is 0 Å². The maximum Gasteiger partial charge on any atom is 0.255 e. The average Bonchev–Trinajstić information content (AvgIpc) is 2.56. The minimum absolute atomic E-state index is 0.0852. The van der Waals surface area contributed by atoms with Crippen molar-refractivity contribution in [2.24, 2.45) is 0 Å². The molecule has 2 aromatic rings. The van der Waals surface area contributed by atoms with Crippen molar-refractivity contribution in [1.29, 1.82) is 0 Å². The van der Waals surface area contributed by atoms with Gasteiger partial charge >= 0.3 is 0 Å². The molecular weight excluding hydrogens is 429 g/mol. The van der Waals surface area contributed by atoms with Crippen LogP contribution in [-0.2, 0) is 4.79 Å². The van der Waals surface area contributed by atoms with Gasteiger partial charge in [-0.15, -0.1) is 0 Å². The SMILES string of the molecule is CCCN(CC(=O)Nc1ccc(Cl)cc1Cl)C(=O)c1cncc(Br)c1. The number of benzene rings is 1. The van der Waals surface area contributed by atoms with Crippen LogP contribution in [0, 0.1) is 0 Å². The molecule has 25 heavy (non-hydrogen) atoms. The Balaban J connectivity index is 2.09. The number of pyridine rings is 1. The number of halogens is 3. The Morgan fingerprint density at radius 1 is 1.24 bits per heavy atom. The fourth-order valence-electron chi connectivity index (χ4n) is 2.19. The van der Waals surface area contributed by atoms with Gasteiger partial charge in [-0.1, -0.05) is 30.1 Å². The molecule has 5 nitrogen and oxygen atoms in total. The van der Waals surface area contributed by atoms with Crippen LogP contribution in [0.15, 0.2) is 41.1 Å². The van der Waals surface area contributed by atoms with E-state index >= 15 is 0 Å². The van der Waals surface area contributed by atoms with Gasteiger partial charge in [0.1, 0.15) is 6.54 Å². The Labute approximate surface area is 164 Å². The number of hydrogen-bond acceptors (Lipinski definition) is 3. The van der Waals surface area contributed by atoms with Crippen molar-refractivity contribution < 1.29 is 9.59 Å². The van der Waals surface area contributed by atoms with E-state index in [1.807, 2.05) is 6.92 Å². The molecule has 0 bridgehead atoms. The smallest absolute Gasteiger partial charge is 0.255 e. The molecule has 2 amide bonds. The lowest BCUT2D eigenvalue weighted by Crippen LogP contribution is -2.38. The molecule has 0 aliphatic heterocycles. The predicted molar refractivity (Wildman–Crippen MR) is 103 cm³/mol. The highest BCUT2D eigenvalue weighted by molar-refractivity contribution is 9.10. The molecular formula is C17H16BrCl2N3O2. The van der Waals surface area contributed by atoms with E-state index in [2.05, 4.69) is 26.2 Å². The second kappa shape index (κ2) is 9.17. The van der Waals surface area contributed by atoms with E-state index in [0.717, 1.165) is 6.42 Å². The maximum atomic E-state index is 12.6. The van der Waals surface area contributed by atoms with Crippen LogP contribution in [0.1, 0.15) is 23.7 Å². The zero-order valence-electron chi connectivity index (χ0n) is 13.4. The first-order valence-electron chi connectivity index (χ1n) is 7.55. The van der Waals surface area contributed by atoms with Crippen molar-refractivity contribution >= 4 is 56.6 Å². The van der Waals surface area contributed by atoms with Crippen molar-refractivity contribution in [3.63, 3.8) is 0 Å².